The molecule has 0 aliphatic carbocycles. The number of carbonyl (C=O) groups is 1. The van der Waals surface area contributed by atoms with Crippen LogP contribution in [0.4, 0.5) is 15.8 Å². The molecule has 2 saturated heterocycles. The van der Waals surface area contributed by atoms with Gasteiger partial charge in [-0.05, 0) is 85.3 Å². The van der Waals surface area contributed by atoms with Crippen molar-refractivity contribution in [3.8, 4) is 33.8 Å². The van der Waals surface area contributed by atoms with Crippen molar-refractivity contribution in [3.63, 3.8) is 0 Å². The Bertz CT molecular complexity index is 1870. The number of ether oxygens (including phenoxy) is 2. The predicted octanol–water partition coefficient (Wildman–Crippen LogP) is 0.264. The van der Waals surface area contributed by atoms with Crippen molar-refractivity contribution in [2.24, 2.45) is 0 Å². The maximum atomic E-state index is 11.0. The van der Waals surface area contributed by atoms with Gasteiger partial charge in [0.15, 0.2) is 0 Å². The van der Waals surface area contributed by atoms with Gasteiger partial charge in [-0.15, -0.1) is 0 Å². The van der Waals surface area contributed by atoms with Gasteiger partial charge in [0.05, 0.1) is 45.8 Å². The Morgan fingerprint density at radius 2 is 1.39 bits per heavy atom. The summed E-state index contributed by atoms with van der Waals surface area (Å²) in [7, 11) is 2.18. The van der Waals surface area contributed by atoms with Crippen molar-refractivity contribution < 1.29 is 189 Å². The third-order valence-electron chi connectivity index (χ3n) is 8.94. The number of methoxy groups -OCH3 is 2. The standard InChI is InChI=1S/C19H22N2O4.C14H12BrNO3.C5H11NO.CH3F.CH2O3.2Cs.H/c1-25-19-8-7-14(12-20-9-3-6-17(20)13-22)10-18(19)15-4-2-5-16(11-15)21(23)24;1-19-14-6-5-10(9-15)7-13(14)11-3-2-4-12(8-11)16(17)18;7-4-5-2-1-3-6-5;1-2;2-1-4-3;;;/h2,4-5,7-8,10-11,17,22H,3,6,9,12-13H2,1H3;2-8H,9H2,1H3;5-7H,1-4H2;1H3;1,3H;;;/q;;;;;2*+1;-1/p-1/t17-;;5-;;;;;/m0.0...../s1/i;;;1D;;;;. The fraction of sp³-hybridized carbons (Fsp3) is 0.375. The first kappa shape index (κ1) is 56.1. The van der Waals surface area contributed by atoms with E-state index in [-0.39, 0.29) is 170 Å². The molecule has 3 N–H and O–H groups in total. The van der Waals surface area contributed by atoms with Gasteiger partial charge in [0.1, 0.15) is 11.5 Å². The zero-order valence-electron chi connectivity index (χ0n) is 35.8. The van der Waals surface area contributed by atoms with Crippen molar-refractivity contribution >= 4 is 33.8 Å². The van der Waals surface area contributed by atoms with E-state index in [1.807, 2.05) is 48.5 Å². The summed E-state index contributed by atoms with van der Waals surface area (Å²) in [5.74, 6) is 1.38. The van der Waals surface area contributed by atoms with Crippen LogP contribution >= 0.6 is 15.9 Å². The summed E-state index contributed by atoms with van der Waals surface area (Å²) in [5, 5.41) is 52.2. The van der Waals surface area contributed by atoms with E-state index in [0.29, 0.717) is 24.1 Å². The average Bonchev–Trinajstić information content (AvgIpc) is 3.97. The van der Waals surface area contributed by atoms with Gasteiger partial charge in [0.25, 0.3) is 17.8 Å². The van der Waals surface area contributed by atoms with Gasteiger partial charge in [0.2, 0.25) is 0 Å². The fourth-order valence-electron chi connectivity index (χ4n) is 6.17. The van der Waals surface area contributed by atoms with Crippen LogP contribution in [0.15, 0.2) is 84.9 Å². The monoisotopic (exact) mass is 1130 g/mol. The molecule has 2 atom stereocenters. The number of likely N-dealkylation sites (tertiary alicyclic amines) is 1. The molecule has 0 radical (unpaired) electrons. The molecule has 0 saturated carbocycles. The van der Waals surface area contributed by atoms with Crippen molar-refractivity contribution in [2.45, 2.75) is 49.6 Å². The first-order valence-electron chi connectivity index (χ1n) is 18.4. The number of nitro groups is 2. The molecule has 15 nitrogen and oxygen atoms in total. The van der Waals surface area contributed by atoms with Crippen LogP contribution in [0, 0.1) is 20.2 Å². The largest absolute Gasteiger partial charge is 1.00 e. The molecular weight excluding hydrogens is 1080 g/mol. The van der Waals surface area contributed by atoms with Crippen LogP contribution in [0.1, 0.15) is 39.6 Å². The van der Waals surface area contributed by atoms with Gasteiger partial charge >= 0.3 is 138 Å². The number of nitrogens with one attached hydrogen (secondary N) is 1. The Kier molecular flexibility index (Phi) is 31.9. The van der Waals surface area contributed by atoms with Gasteiger partial charge in [0, 0.05) is 59.4 Å². The molecule has 2 fully saturated rings. The van der Waals surface area contributed by atoms with Crippen LogP contribution in [0.3, 0.4) is 0 Å². The first-order chi connectivity index (χ1) is 28.0. The quantitative estimate of drug-likeness (QED) is 0.0573. The van der Waals surface area contributed by atoms with E-state index in [4.69, 9.17) is 26.0 Å². The fourth-order valence-corrected chi connectivity index (χ4v) is 6.52. The number of halogens is 2. The first-order valence-corrected chi connectivity index (χ1v) is 18.8. The Balaban J connectivity index is 0. The Hall–Kier alpha value is -0.936. The van der Waals surface area contributed by atoms with Crippen LogP contribution in [0.25, 0.3) is 22.3 Å². The number of carbonyl (C=O) groups excluding carboxylic acids is 1. The Morgan fingerprint density at radius 3 is 1.78 bits per heavy atom. The number of aliphatic hydroxyl groups excluding tert-OH is 2. The van der Waals surface area contributed by atoms with Gasteiger partial charge < -0.3 is 36.6 Å². The maximum Gasteiger partial charge on any atom is 1.00 e. The second-order valence-electron chi connectivity index (χ2n) is 12.4. The Morgan fingerprint density at radius 1 is 0.881 bits per heavy atom. The summed E-state index contributed by atoms with van der Waals surface area (Å²) >= 11 is 3.40. The van der Waals surface area contributed by atoms with Crippen molar-refractivity contribution in [3.05, 3.63) is 116 Å². The number of nitrogens with zero attached hydrogens (tertiary/aromatic N) is 3. The van der Waals surface area contributed by atoms with E-state index in [1.54, 1.807) is 38.5 Å². The molecule has 0 aromatic heterocycles. The molecule has 0 bridgehead atoms. The van der Waals surface area contributed by atoms with E-state index in [2.05, 4.69) is 31.0 Å². The van der Waals surface area contributed by atoms with Crippen LogP contribution in [-0.2, 0) is 21.6 Å². The van der Waals surface area contributed by atoms with E-state index in [9.17, 15) is 29.7 Å². The molecule has 59 heavy (non-hydrogen) atoms. The van der Waals surface area contributed by atoms with Crippen LogP contribution in [0.5, 0.6) is 11.5 Å². The SMILES string of the molecule is COc1ccc(CBr)cc1-c1cccc([N+](=O)[O-])c1.COc1ccc(CN2CCC[C@H]2CO)cc1-c1cccc([N+](=O)[O-])c1.O=CO[O-].OC[C@@H]1CCCN1.[2H]CF.[Cs+].[Cs+].[H-]. The zero-order chi connectivity index (χ0) is 42.9. The third kappa shape index (κ3) is 20.0. The third-order valence-corrected chi connectivity index (χ3v) is 9.58. The zero-order valence-corrected chi connectivity index (χ0v) is 47.9. The maximum absolute atomic E-state index is 11.0. The van der Waals surface area contributed by atoms with Gasteiger partial charge in [-0.3, -0.25) is 34.3 Å². The summed E-state index contributed by atoms with van der Waals surface area (Å²) in [6, 6.07) is 25.4. The minimum absolute atomic E-state index is 0. The van der Waals surface area contributed by atoms with Crippen molar-refractivity contribution in [1.82, 2.24) is 10.2 Å². The molecule has 2 heterocycles. The number of hydrogen-bond donors (Lipinski definition) is 3. The van der Waals surface area contributed by atoms with Crippen LogP contribution in [0.2, 0.25) is 0 Å². The number of benzene rings is 4. The van der Waals surface area contributed by atoms with E-state index in [0.717, 1.165) is 77.6 Å². The molecule has 0 spiro atoms. The molecule has 0 amide bonds. The minimum atomic E-state index is -1.00. The van der Waals surface area contributed by atoms with Gasteiger partial charge in [-0.2, -0.15) is 0 Å². The van der Waals surface area contributed by atoms with Crippen LogP contribution in [-0.4, -0.2) is 91.2 Å². The minimum Gasteiger partial charge on any atom is -1.00 e. The smallest absolute Gasteiger partial charge is 1.00 e. The molecule has 4 aromatic rings. The molecule has 2 aliphatic rings. The summed E-state index contributed by atoms with van der Waals surface area (Å²) in [4.78, 5) is 34.6. The number of aliphatic hydroxyl groups is 2. The molecule has 6 rings (SSSR count). The average molecular weight is 1130 g/mol. The summed E-state index contributed by atoms with van der Waals surface area (Å²) in [5.41, 5.74) is 5.53. The van der Waals surface area contributed by atoms with E-state index < -0.39 is 17.0 Å². The predicted molar refractivity (Wildman–Crippen MR) is 217 cm³/mol. The molecule has 4 aromatic carbocycles. The Labute approximate surface area is 472 Å². The number of rotatable bonds is 12. The number of nitro benzene ring substituents is 2. The number of hydrogen-bond acceptors (Lipinski definition) is 13. The number of alkyl halides is 2. The summed E-state index contributed by atoms with van der Waals surface area (Å²) < 4.78 is 26.3. The van der Waals surface area contributed by atoms with Gasteiger partial charge in [-0.1, -0.05) is 52.3 Å². The molecule has 0 unspecified atom stereocenters. The summed E-state index contributed by atoms with van der Waals surface area (Å²) in [6.45, 7) is 3.11. The van der Waals surface area contributed by atoms with E-state index >= 15 is 0 Å². The van der Waals surface area contributed by atoms with E-state index in [1.165, 1.54) is 18.6 Å². The number of non-ortho nitro benzene ring substituents is 2. The van der Waals surface area contributed by atoms with Crippen molar-refractivity contribution in [2.75, 3.05) is 47.7 Å². The van der Waals surface area contributed by atoms with Crippen molar-refractivity contribution in [1.29, 1.82) is 0 Å². The molecular formula is C40H50BrCs2FN4O11. The second kappa shape index (κ2) is 33.6. The normalized spacial score (nSPS) is 15.1. The molecule has 2 aliphatic heterocycles. The molecule has 312 valence electrons. The second-order valence-corrected chi connectivity index (χ2v) is 13.0. The van der Waals surface area contributed by atoms with Crippen LogP contribution < -0.4 is 158 Å². The topological polar surface area (TPSA) is 210 Å². The molecule has 19 heteroatoms. The summed E-state index contributed by atoms with van der Waals surface area (Å²) in [6.07, 6.45) is 4.49. The van der Waals surface area contributed by atoms with Gasteiger partial charge in [-0.25, -0.2) is 0 Å².